The Morgan fingerprint density at radius 1 is 0.778 bits per heavy atom. The molecule has 4 aromatic carbocycles. The average Bonchev–Trinajstić information content (AvgIpc) is 3.44. The van der Waals surface area contributed by atoms with Crippen LogP contribution in [0.1, 0.15) is 81.3 Å². The van der Waals surface area contributed by atoms with Crippen molar-refractivity contribution in [3.8, 4) is 17.2 Å². The number of fused-ring (bicyclic) bond motifs is 2. The molecule has 8 rings (SSSR count). The van der Waals surface area contributed by atoms with Gasteiger partial charge in [0.05, 0.1) is 24.3 Å². The van der Waals surface area contributed by atoms with E-state index >= 15 is 0 Å². The molecule has 4 heterocycles. The molecule has 0 saturated carbocycles. The van der Waals surface area contributed by atoms with Crippen LogP contribution in [0.3, 0.4) is 0 Å². The summed E-state index contributed by atoms with van der Waals surface area (Å²) in [6.45, 7) is 5.62. The molecule has 2 saturated heterocycles. The second-order valence-electron chi connectivity index (χ2n) is 14.5. The maximum absolute atomic E-state index is 13.3. The standard InChI is InChI=1S/C43H44N4O7/c48-31-12-16-34-38(26-31)54-27-36(28-7-3-1-4-8-28)40(34)29-9-13-32(14-10-29)53-24-6-2-5-19-45-20-22-46(23-21-45)30-11-15-33-35(25-30)43(52)47(42(33)51)37-17-18-39(49)44-41(37)50/h1,3-4,7-16,25-26,36-37,40,48H,2,5-6,17-24,27H2,(H,44,49,50)/t36-,37?,40-/m1/s1. The number of phenolic OH excluding ortho intramolecular Hbond substituents is 1. The first-order valence-electron chi connectivity index (χ1n) is 18.9. The Balaban J connectivity index is 0.783. The number of piperazine rings is 1. The van der Waals surface area contributed by atoms with Gasteiger partial charge in [-0.25, -0.2) is 0 Å². The molecule has 0 aromatic heterocycles. The zero-order valence-corrected chi connectivity index (χ0v) is 30.1. The third-order valence-corrected chi connectivity index (χ3v) is 11.2. The zero-order chi connectivity index (χ0) is 37.2. The van der Waals surface area contributed by atoms with Crippen LogP contribution in [0.2, 0.25) is 0 Å². The van der Waals surface area contributed by atoms with E-state index in [1.165, 1.54) is 11.1 Å². The number of nitrogens with zero attached hydrogens (tertiary/aromatic N) is 3. The number of aromatic hydroxyl groups is 1. The van der Waals surface area contributed by atoms with Crippen LogP contribution in [0, 0.1) is 0 Å². The summed E-state index contributed by atoms with van der Waals surface area (Å²) in [5, 5.41) is 12.3. The maximum Gasteiger partial charge on any atom is 0.262 e. The minimum Gasteiger partial charge on any atom is -0.508 e. The third kappa shape index (κ3) is 7.15. The fourth-order valence-corrected chi connectivity index (χ4v) is 8.26. The number of rotatable bonds is 11. The molecule has 0 aliphatic carbocycles. The van der Waals surface area contributed by atoms with Gasteiger partial charge in [0.15, 0.2) is 0 Å². The zero-order valence-electron chi connectivity index (χ0n) is 30.1. The molecule has 4 amide bonds. The highest BCUT2D eigenvalue weighted by molar-refractivity contribution is 6.23. The van der Waals surface area contributed by atoms with Crippen molar-refractivity contribution in [2.45, 2.75) is 50.0 Å². The summed E-state index contributed by atoms with van der Waals surface area (Å²) in [6, 6.07) is 28.6. The lowest BCUT2D eigenvalue weighted by Crippen LogP contribution is -2.54. The molecule has 0 radical (unpaired) electrons. The number of unbranched alkanes of at least 4 members (excludes halogenated alkanes) is 2. The number of amides is 4. The number of anilines is 1. The first-order valence-corrected chi connectivity index (χ1v) is 18.9. The summed E-state index contributed by atoms with van der Waals surface area (Å²) >= 11 is 0. The number of carbonyl (C=O) groups excluding carboxylic acids is 4. The second kappa shape index (κ2) is 15.4. The van der Waals surface area contributed by atoms with Crippen molar-refractivity contribution >= 4 is 29.3 Å². The molecule has 1 unspecified atom stereocenters. The van der Waals surface area contributed by atoms with Crippen molar-refractivity contribution < 1.29 is 33.8 Å². The van der Waals surface area contributed by atoms with Crippen LogP contribution in [0.4, 0.5) is 5.69 Å². The number of phenols is 1. The fourth-order valence-electron chi connectivity index (χ4n) is 8.26. The molecule has 0 bridgehead atoms. The Morgan fingerprint density at radius 3 is 2.33 bits per heavy atom. The summed E-state index contributed by atoms with van der Waals surface area (Å²) in [7, 11) is 0. The Hall–Kier alpha value is -5.68. The minimum absolute atomic E-state index is 0.0915. The number of benzene rings is 4. The predicted octanol–water partition coefficient (Wildman–Crippen LogP) is 5.47. The van der Waals surface area contributed by atoms with Gasteiger partial charge in [-0.15, -0.1) is 0 Å². The number of ether oxygens (including phenoxy) is 2. The second-order valence-corrected chi connectivity index (χ2v) is 14.5. The van der Waals surface area contributed by atoms with Gasteiger partial charge in [-0.05, 0) is 79.8 Å². The highest BCUT2D eigenvalue weighted by Gasteiger charge is 2.45. The Morgan fingerprint density at radius 2 is 1.56 bits per heavy atom. The maximum atomic E-state index is 13.3. The van der Waals surface area contributed by atoms with Crippen LogP contribution in [0.25, 0.3) is 0 Å². The highest BCUT2D eigenvalue weighted by Crippen LogP contribution is 2.47. The molecule has 4 aliphatic heterocycles. The van der Waals surface area contributed by atoms with Gasteiger partial charge in [-0.1, -0.05) is 48.5 Å². The van der Waals surface area contributed by atoms with Crippen molar-refractivity contribution in [1.82, 2.24) is 15.1 Å². The van der Waals surface area contributed by atoms with Crippen LogP contribution in [-0.2, 0) is 9.59 Å². The Bertz CT molecular complexity index is 2040. The van der Waals surface area contributed by atoms with Crippen LogP contribution in [0.15, 0.2) is 91.0 Å². The molecule has 2 fully saturated rings. The molecule has 3 atom stereocenters. The van der Waals surface area contributed by atoms with Gasteiger partial charge < -0.3 is 19.5 Å². The summed E-state index contributed by atoms with van der Waals surface area (Å²) < 4.78 is 12.2. The quantitative estimate of drug-likeness (QED) is 0.153. The summed E-state index contributed by atoms with van der Waals surface area (Å²) in [5.74, 6) is 0.0657. The highest BCUT2D eigenvalue weighted by atomic mass is 16.5. The molecular formula is C43H44N4O7. The van der Waals surface area contributed by atoms with E-state index < -0.39 is 23.8 Å². The van der Waals surface area contributed by atoms with Gasteiger partial charge in [0.2, 0.25) is 11.8 Å². The third-order valence-electron chi connectivity index (χ3n) is 11.2. The molecule has 2 N–H and O–H groups in total. The molecule has 0 spiro atoms. The molecule has 278 valence electrons. The predicted molar refractivity (Wildman–Crippen MR) is 202 cm³/mol. The van der Waals surface area contributed by atoms with Crippen LogP contribution in [-0.4, -0.2) is 90.5 Å². The molecular weight excluding hydrogens is 684 g/mol. The monoisotopic (exact) mass is 728 g/mol. The normalized spacial score (nSPS) is 21.4. The minimum atomic E-state index is -0.964. The summed E-state index contributed by atoms with van der Waals surface area (Å²) in [4.78, 5) is 56.0. The first kappa shape index (κ1) is 35.4. The number of nitrogens with one attached hydrogen (secondary N) is 1. The van der Waals surface area contributed by atoms with Crippen LogP contribution >= 0.6 is 0 Å². The van der Waals surface area contributed by atoms with Gasteiger partial charge in [-0.3, -0.25) is 34.3 Å². The SMILES string of the molecule is O=C1CCC(N2C(=O)c3ccc(N4CCN(CCCCCOc5ccc([C@@H]6c7ccc(O)cc7OC[C@@H]6c6ccccc6)cc5)CC4)cc3C2=O)C(=O)N1. The van der Waals surface area contributed by atoms with Crippen LogP contribution in [0.5, 0.6) is 17.2 Å². The first-order chi connectivity index (χ1) is 26.3. The number of hydrogen-bond donors (Lipinski definition) is 2. The molecule has 11 nitrogen and oxygen atoms in total. The topological polar surface area (TPSA) is 129 Å². The Labute approximate surface area is 314 Å². The van der Waals surface area contributed by atoms with E-state index in [0.29, 0.717) is 24.3 Å². The Kier molecular flexibility index (Phi) is 10.1. The summed E-state index contributed by atoms with van der Waals surface area (Å²) in [5.41, 5.74) is 4.97. The van der Waals surface area contributed by atoms with Crippen molar-refractivity contribution in [3.63, 3.8) is 0 Å². The van der Waals surface area contributed by atoms with Crippen molar-refractivity contribution in [2.75, 3.05) is 50.8 Å². The van der Waals surface area contributed by atoms with Gasteiger partial charge in [0.25, 0.3) is 11.8 Å². The smallest absolute Gasteiger partial charge is 0.262 e. The number of carbonyl (C=O) groups is 4. The van der Waals surface area contributed by atoms with Crippen molar-refractivity contribution in [1.29, 1.82) is 0 Å². The van der Waals surface area contributed by atoms with E-state index in [-0.39, 0.29) is 36.3 Å². The van der Waals surface area contributed by atoms with E-state index in [1.54, 1.807) is 24.3 Å². The van der Waals surface area contributed by atoms with Gasteiger partial charge in [-0.2, -0.15) is 0 Å². The van der Waals surface area contributed by atoms with E-state index in [9.17, 15) is 24.3 Å². The molecule has 54 heavy (non-hydrogen) atoms. The van der Waals surface area contributed by atoms with E-state index in [1.807, 2.05) is 18.2 Å². The fraction of sp³-hybridized carbons (Fsp3) is 0.349. The number of imide groups is 2. The van der Waals surface area contributed by atoms with Crippen molar-refractivity contribution in [2.24, 2.45) is 0 Å². The molecule has 4 aliphatic rings. The van der Waals surface area contributed by atoms with E-state index in [0.717, 1.165) is 79.6 Å². The largest absolute Gasteiger partial charge is 0.508 e. The van der Waals surface area contributed by atoms with Gasteiger partial charge >= 0.3 is 0 Å². The summed E-state index contributed by atoms with van der Waals surface area (Å²) in [6.07, 6.45) is 3.34. The number of piperidine rings is 1. The average molecular weight is 729 g/mol. The lowest BCUT2D eigenvalue weighted by molar-refractivity contribution is -0.136. The number of hydrogen-bond acceptors (Lipinski definition) is 9. The molecule has 4 aromatic rings. The van der Waals surface area contributed by atoms with Crippen molar-refractivity contribution in [3.05, 3.63) is 119 Å². The van der Waals surface area contributed by atoms with E-state index in [4.69, 9.17) is 9.47 Å². The lowest BCUT2D eigenvalue weighted by Gasteiger charge is -2.36. The van der Waals surface area contributed by atoms with Gasteiger partial charge in [0.1, 0.15) is 23.3 Å². The lowest BCUT2D eigenvalue weighted by atomic mass is 9.76. The van der Waals surface area contributed by atoms with E-state index in [2.05, 4.69) is 63.6 Å². The van der Waals surface area contributed by atoms with Crippen LogP contribution < -0.4 is 19.7 Å². The molecule has 11 heteroatoms. The van der Waals surface area contributed by atoms with Gasteiger partial charge in [0, 0.05) is 61.8 Å².